The highest BCUT2D eigenvalue weighted by Gasteiger charge is 2.07. The molecule has 0 bridgehead atoms. The molecule has 0 N–H and O–H groups in total. The Morgan fingerprint density at radius 2 is 2.00 bits per heavy atom. The van der Waals surface area contributed by atoms with Gasteiger partial charge in [0.1, 0.15) is 0 Å². The third-order valence-corrected chi connectivity index (χ3v) is 1.93. The molecule has 1 atom stereocenters. The molecule has 0 aromatic carbocycles. The summed E-state index contributed by atoms with van der Waals surface area (Å²) in [4.78, 5) is 0. The van der Waals surface area contributed by atoms with Crippen LogP contribution in [0.5, 0.6) is 5.88 Å². The van der Waals surface area contributed by atoms with E-state index in [1.165, 1.54) is 0 Å². The summed E-state index contributed by atoms with van der Waals surface area (Å²) in [5.74, 6) is 1.15. The molecule has 0 radical (unpaired) electrons. The van der Waals surface area contributed by atoms with E-state index in [-0.39, 0.29) is 6.10 Å². The molecule has 0 aliphatic heterocycles. The fraction of sp³-hybridized carbons (Fsp3) is 0.600. The second kappa shape index (κ2) is 5.15. The summed E-state index contributed by atoms with van der Waals surface area (Å²) in [5.41, 5.74) is 0. The monoisotopic (exact) mass is 214 g/mol. The molecule has 1 aromatic rings. The topological polar surface area (TPSA) is 35.0 Å². The van der Waals surface area contributed by atoms with E-state index in [1.807, 2.05) is 6.92 Å². The molecule has 0 amide bonds. The molecule has 1 unspecified atom stereocenters. The van der Waals surface area contributed by atoms with Gasteiger partial charge in [-0.25, -0.2) is 0 Å². The Morgan fingerprint density at radius 3 is 2.50 bits per heavy atom. The zero-order chi connectivity index (χ0) is 10.6. The van der Waals surface area contributed by atoms with Crippen LogP contribution in [0.15, 0.2) is 12.1 Å². The van der Waals surface area contributed by atoms with Crippen LogP contribution in [0, 0.1) is 5.92 Å². The highest BCUT2D eigenvalue weighted by Crippen LogP contribution is 2.13. The number of nitrogens with zero attached hydrogens (tertiary/aromatic N) is 2. The van der Waals surface area contributed by atoms with Gasteiger partial charge in [0, 0.05) is 6.07 Å². The number of ether oxygens (including phenoxy) is 1. The Balaban J connectivity index is 2.47. The maximum Gasteiger partial charge on any atom is 0.233 e. The van der Waals surface area contributed by atoms with Crippen LogP contribution in [0.25, 0.3) is 0 Å². The van der Waals surface area contributed by atoms with Crippen molar-refractivity contribution in [2.75, 3.05) is 0 Å². The van der Waals surface area contributed by atoms with E-state index in [1.54, 1.807) is 12.1 Å². The zero-order valence-corrected chi connectivity index (χ0v) is 9.45. The lowest BCUT2D eigenvalue weighted by Gasteiger charge is -2.14. The molecular formula is C10H15ClN2O. The first-order chi connectivity index (χ1) is 6.58. The van der Waals surface area contributed by atoms with E-state index in [0.717, 1.165) is 6.42 Å². The van der Waals surface area contributed by atoms with Gasteiger partial charge in [-0.1, -0.05) is 25.4 Å². The minimum absolute atomic E-state index is 0.158. The molecule has 0 saturated heterocycles. The summed E-state index contributed by atoms with van der Waals surface area (Å²) in [6.45, 7) is 6.34. The van der Waals surface area contributed by atoms with Gasteiger partial charge >= 0.3 is 0 Å². The normalized spacial score (nSPS) is 12.9. The van der Waals surface area contributed by atoms with Crippen LogP contribution in [0.1, 0.15) is 27.2 Å². The Hall–Kier alpha value is -0.830. The molecule has 78 valence electrons. The summed E-state index contributed by atoms with van der Waals surface area (Å²) in [5, 5.41) is 7.91. The van der Waals surface area contributed by atoms with Crippen molar-refractivity contribution in [3.63, 3.8) is 0 Å². The van der Waals surface area contributed by atoms with E-state index in [2.05, 4.69) is 24.0 Å². The van der Waals surface area contributed by atoms with Crippen LogP contribution in [0.3, 0.4) is 0 Å². The third kappa shape index (κ3) is 3.92. The number of hydrogen-bond acceptors (Lipinski definition) is 3. The number of rotatable bonds is 4. The number of aromatic nitrogens is 2. The van der Waals surface area contributed by atoms with Gasteiger partial charge in [0.15, 0.2) is 5.15 Å². The standard InChI is InChI=1S/C10H15ClN2O/c1-7(2)6-8(3)14-10-5-4-9(11)12-13-10/h4-5,7-8H,6H2,1-3H3. The highest BCUT2D eigenvalue weighted by molar-refractivity contribution is 6.29. The first-order valence-electron chi connectivity index (χ1n) is 4.74. The van der Waals surface area contributed by atoms with Crippen LogP contribution in [0.2, 0.25) is 5.15 Å². The minimum Gasteiger partial charge on any atom is -0.474 e. The average molecular weight is 215 g/mol. The van der Waals surface area contributed by atoms with Crippen molar-refractivity contribution in [3.8, 4) is 5.88 Å². The second-order valence-corrected chi connectivity index (χ2v) is 4.14. The molecule has 0 spiro atoms. The molecule has 0 saturated carbocycles. The van der Waals surface area contributed by atoms with Crippen molar-refractivity contribution in [3.05, 3.63) is 17.3 Å². The SMILES string of the molecule is CC(C)CC(C)Oc1ccc(Cl)nn1. The molecule has 0 fully saturated rings. The summed E-state index contributed by atoms with van der Waals surface area (Å²) in [7, 11) is 0. The van der Waals surface area contributed by atoms with Crippen LogP contribution >= 0.6 is 11.6 Å². The lowest BCUT2D eigenvalue weighted by atomic mass is 10.1. The van der Waals surface area contributed by atoms with E-state index in [4.69, 9.17) is 16.3 Å². The van der Waals surface area contributed by atoms with E-state index in [0.29, 0.717) is 17.0 Å². The largest absolute Gasteiger partial charge is 0.474 e. The summed E-state index contributed by atoms with van der Waals surface area (Å²) in [6.07, 6.45) is 1.16. The summed E-state index contributed by atoms with van der Waals surface area (Å²) in [6, 6.07) is 3.40. The number of halogens is 1. The fourth-order valence-electron chi connectivity index (χ4n) is 1.28. The van der Waals surface area contributed by atoms with Gasteiger partial charge in [-0.15, -0.1) is 10.2 Å². The quantitative estimate of drug-likeness (QED) is 0.773. The third-order valence-electron chi connectivity index (χ3n) is 1.73. The van der Waals surface area contributed by atoms with Crippen LogP contribution in [0.4, 0.5) is 0 Å². The van der Waals surface area contributed by atoms with Gasteiger partial charge in [-0.3, -0.25) is 0 Å². The fourth-order valence-corrected chi connectivity index (χ4v) is 1.39. The second-order valence-electron chi connectivity index (χ2n) is 3.75. The lowest BCUT2D eigenvalue weighted by Crippen LogP contribution is -2.15. The van der Waals surface area contributed by atoms with Gasteiger partial charge in [-0.05, 0) is 25.3 Å². The molecule has 1 heterocycles. The smallest absolute Gasteiger partial charge is 0.233 e. The van der Waals surface area contributed by atoms with Crippen LogP contribution in [-0.4, -0.2) is 16.3 Å². The molecular weight excluding hydrogens is 200 g/mol. The van der Waals surface area contributed by atoms with Gasteiger partial charge < -0.3 is 4.74 Å². The van der Waals surface area contributed by atoms with Crippen molar-refractivity contribution in [2.45, 2.75) is 33.3 Å². The molecule has 1 rings (SSSR count). The first-order valence-corrected chi connectivity index (χ1v) is 5.11. The van der Waals surface area contributed by atoms with Crippen LogP contribution in [-0.2, 0) is 0 Å². The van der Waals surface area contributed by atoms with Crippen molar-refractivity contribution < 1.29 is 4.74 Å². The molecule has 1 aromatic heterocycles. The lowest BCUT2D eigenvalue weighted by molar-refractivity contribution is 0.184. The first kappa shape index (κ1) is 11.2. The van der Waals surface area contributed by atoms with Crippen molar-refractivity contribution in [2.24, 2.45) is 5.92 Å². The van der Waals surface area contributed by atoms with E-state index >= 15 is 0 Å². The van der Waals surface area contributed by atoms with Gasteiger partial charge in [0.25, 0.3) is 0 Å². The predicted octanol–water partition coefficient (Wildman–Crippen LogP) is 2.94. The zero-order valence-electron chi connectivity index (χ0n) is 8.70. The Kier molecular flexibility index (Phi) is 4.14. The molecule has 4 heteroatoms. The Morgan fingerprint density at radius 1 is 1.29 bits per heavy atom. The highest BCUT2D eigenvalue weighted by atomic mass is 35.5. The van der Waals surface area contributed by atoms with Crippen molar-refractivity contribution in [1.29, 1.82) is 0 Å². The van der Waals surface area contributed by atoms with Gasteiger partial charge in [-0.2, -0.15) is 0 Å². The molecule has 14 heavy (non-hydrogen) atoms. The van der Waals surface area contributed by atoms with E-state index < -0.39 is 0 Å². The van der Waals surface area contributed by atoms with Crippen molar-refractivity contribution >= 4 is 11.6 Å². The maximum absolute atomic E-state index is 5.60. The summed E-state index contributed by atoms with van der Waals surface area (Å²) >= 11 is 5.60. The average Bonchev–Trinajstić information content (AvgIpc) is 2.07. The number of hydrogen-bond donors (Lipinski definition) is 0. The maximum atomic E-state index is 5.60. The Labute approximate surface area is 89.4 Å². The minimum atomic E-state index is 0.158. The molecule has 0 aliphatic carbocycles. The van der Waals surface area contributed by atoms with E-state index in [9.17, 15) is 0 Å². The van der Waals surface area contributed by atoms with Crippen molar-refractivity contribution in [1.82, 2.24) is 10.2 Å². The Bertz CT molecular complexity index is 274. The summed E-state index contributed by atoms with van der Waals surface area (Å²) < 4.78 is 5.55. The molecule has 3 nitrogen and oxygen atoms in total. The van der Waals surface area contributed by atoms with Crippen LogP contribution < -0.4 is 4.74 Å². The van der Waals surface area contributed by atoms with Gasteiger partial charge in [0.2, 0.25) is 5.88 Å². The molecule has 0 aliphatic rings. The predicted molar refractivity (Wildman–Crippen MR) is 56.6 cm³/mol. The van der Waals surface area contributed by atoms with Gasteiger partial charge in [0.05, 0.1) is 6.10 Å².